The zero-order valence-corrected chi connectivity index (χ0v) is 20.6. The van der Waals surface area contributed by atoms with Crippen molar-refractivity contribution in [2.24, 2.45) is 0 Å². The first-order chi connectivity index (χ1) is 17.0. The predicted molar refractivity (Wildman–Crippen MR) is 134 cm³/mol. The Morgan fingerprint density at radius 1 is 1.14 bits per heavy atom. The molecule has 1 aromatic carbocycles. The highest BCUT2D eigenvalue weighted by atomic mass is 32.1. The van der Waals surface area contributed by atoms with Crippen LogP contribution in [-0.2, 0) is 11.3 Å². The molecule has 1 unspecified atom stereocenters. The molecule has 7 nitrogen and oxygen atoms in total. The Bertz CT molecular complexity index is 1210. The molecule has 1 N–H and O–H groups in total. The number of rotatable bonds is 11. The fourth-order valence-corrected chi connectivity index (χ4v) is 4.71. The smallest absolute Gasteiger partial charge is 0.290 e. The largest absolute Gasteiger partial charge is 0.503 e. The summed E-state index contributed by atoms with van der Waals surface area (Å²) < 4.78 is 11.7. The summed E-state index contributed by atoms with van der Waals surface area (Å²) >= 11 is 1.27. The molecule has 0 fully saturated rings. The fraction of sp³-hybridized carbons (Fsp3) is 0.296. The number of Topliss-reactive ketones (excluding diaryl/α,β-unsaturated/α-hetero) is 1. The Hall–Kier alpha value is -3.65. The van der Waals surface area contributed by atoms with Crippen LogP contribution in [-0.4, -0.2) is 39.9 Å². The normalized spacial score (nSPS) is 15.5. The molecule has 3 heterocycles. The molecule has 0 bridgehead atoms. The van der Waals surface area contributed by atoms with Crippen LogP contribution in [0.3, 0.4) is 0 Å². The topological polar surface area (TPSA) is 89.0 Å². The van der Waals surface area contributed by atoms with Gasteiger partial charge in [-0.25, -0.2) is 0 Å². The Morgan fingerprint density at radius 2 is 2.00 bits per heavy atom. The van der Waals surface area contributed by atoms with Crippen molar-refractivity contribution in [2.75, 3.05) is 13.2 Å². The molecule has 0 aliphatic carbocycles. The quantitative estimate of drug-likeness (QED) is 0.281. The van der Waals surface area contributed by atoms with Gasteiger partial charge in [0.25, 0.3) is 5.91 Å². The van der Waals surface area contributed by atoms with Gasteiger partial charge in [0.1, 0.15) is 0 Å². The van der Waals surface area contributed by atoms with Gasteiger partial charge in [-0.15, -0.1) is 11.3 Å². The molecule has 2 aromatic heterocycles. The van der Waals surface area contributed by atoms with Crippen LogP contribution < -0.4 is 9.47 Å². The Kier molecular flexibility index (Phi) is 7.82. The van der Waals surface area contributed by atoms with E-state index in [4.69, 9.17) is 9.47 Å². The van der Waals surface area contributed by atoms with Crippen molar-refractivity contribution in [2.45, 2.75) is 39.3 Å². The first kappa shape index (κ1) is 24.5. The summed E-state index contributed by atoms with van der Waals surface area (Å²) in [7, 11) is 0. The van der Waals surface area contributed by atoms with Crippen LogP contribution in [0.25, 0.3) is 0 Å². The van der Waals surface area contributed by atoms with Crippen LogP contribution in [0.4, 0.5) is 0 Å². The number of carbonyl (C=O) groups is 2. The van der Waals surface area contributed by atoms with Gasteiger partial charge in [0, 0.05) is 18.9 Å². The molecule has 0 saturated heterocycles. The highest BCUT2D eigenvalue weighted by Gasteiger charge is 2.44. The van der Waals surface area contributed by atoms with E-state index in [0.717, 1.165) is 18.4 Å². The lowest BCUT2D eigenvalue weighted by Crippen LogP contribution is -2.30. The monoisotopic (exact) mass is 492 g/mol. The number of aliphatic hydroxyl groups excluding tert-OH is 1. The number of pyridine rings is 1. The Labute approximate surface area is 208 Å². The molecule has 8 heteroatoms. The van der Waals surface area contributed by atoms with Crippen molar-refractivity contribution in [1.29, 1.82) is 0 Å². The second-order valence-corrected chi connectivity index (χ2v) is 9.05. The van der Waals surface area contributed by atoms with Crippen LogP contribution in [0.1, 0.15) is 53.5 Å². The molecule has 35 heavy (non-hydrogen) atoms. The van der Waals surface area contributed by atoms with E-state index in [2.05, 4.69) is 11.9 Å². The van der Waals surface area contributed by atoms with E-state index in [1.54, 1.807) is 48.1 Å². The Morgan fingerprint density at radius 3 is 2.69 bits per heavy atom. The molecule has 0 spiro atoms. The summed E-state index contributed by atoms with van der Waals surface area (Å²) in [6, 6.07) is 11.7. The summed E-state index contributed by atoms with van der Waals surface area (Å²) in [5, 5.41) is 12.7. The van der Waals surface area contributed by atoms with Gasteiger partial charge in [-0.1, -0.05) is 31.5 Å². The fourth-order valence-electron chi connectivity index (χ4n) is 4.03. The van der Waals surface area contributed by atoms with Gasteiger partial charge in [0.05, 0.1) is 29.7 Å². The number of unbranched alkanes of at least 4 members (excludes halogenated alkanes) is 1. The molecule has 1 amide bonds. The number of nitrogens with zero attached hydrogens (tertiary/aromatic N) is 2. The van der Waals surface area contributed by atoms with Crippen molar-refractivity contribution in [1.82, 2.24) is 9.88 Å². The number of hydrogen-bond donors (Lipinski definition) is 1. The molecule has 4 rings (SSSR count). The minimum Gasteiger partial charge on any atom is -0.503 e. The number of amides is 1. The molecule has 182 valence electrons. The van der Waals surface area contributed by atoms with E-state index in [-0.39, 0.29) is 17.9 Å². The van der Waals surface area contributed by atoms with Crippen molar-refractivity contribution in [3.8, 4) is 11.5 Å². The van der Waals surface area contributed by atoms with E-state index < -0.39 is 17.7 Å². The van der Waals surface area contributed by atoms with Crippen molar-refractivity contribution < 1.29 is 24.2 Å². The summed E-state index contributed by atoms with van der Waals surface area (Å²) in [4.78, 5) is 32.8. The molecule has 0 saturated carbocycles. The molecular weight excluding hydrogens is 464 g/mol. The van der Waals surface area contributed by atoms with Gasteiger partial charge >= 0.3 is 0 Å². The van der Waals surface area contributed by atoms with Crippen LogP contribution >= 0.6 is 11.3 Å². The van der Waals surface area contributed by atoms with Crippen LogP contribution in [0, 0.1) is 0 Å². The van der Waals surface area contributed by atoms with Gasteiger partial charge in [-0.2, -0.15) is 0 Å². The third-order valence-corrected chi connectivity index (χ3v) is 6.58. The van der Waals surface area contributed by atoms with Gasteiger partial charge in [0.2, 0.25) is 5.78 Å². The zero-order chi connectivity index (χ0) is 24.8. The van der Waals surface area contributed by atoms with Gasteiger partial charge in [-0.3, -0.25) is 14.6 Å². The summed E-state index contributed by atoms with van der Waals surface area (Å²) in [5.74, 6) is -0.361. The maximum Gasteiger partial charge on any atom is 0.290 e. The second kappa shape index (κ2) is 11.2. The highest BCUT2D eigenvalue weighted by Crippen LogP contribution is 2.42. The molecule has 3 aromatic rings. The second-order valence-electron chi connectivity index (χ2n) is 8.11. The molecular formula is C27H28N2O5S. The number of ketones is 1. The van der Waals surface area contributed by atoms with Crippen molar-refractivity contribution >= 4 is 23.0 Å². The van der Waals surface area contributed by atoms with E-state index >= 15 is 0 Å². The first-order valence-electron chi connectivity index (χ1n) is 11.7. The molecule has 1 aliphatic rings. The van der Waals surface area contributed by atoms with Gasteiger partial charge in [-0.05, 0) is 54.1 Å². The summed E-state index contributed by atoms with van der Waals surface area (Å²) in [6.45, 7) is 5.15. The molecule has 1 atom stereocenters. The average Bonchev–Trinajstić information content (AvgIpc) is 3.49. The molecule has 0 radical (unpaired) electrons. The predicted octanol–water partition coefficient (Wildman–Crippen LogP) is 5.50. The summed E-state index contributed by atoms with van der Waals surface area (Å²) in [5.41, 5.74) is 1.49. The van der Waals surface area contributed by atoms with Gasteiger partial charge < -0.3 is 19.5 Å². The van der Waals surface area contributed by atoms with E-state index in [1.165, 1.54) is 16.2 Å². The number of aromatic nitrogens is 1. The number of ether oxygens (including phenoxy) is 2. The zero-order valence-electron chi connectivity index (χ0n) is 19.8. The third-order valence-electron chi connectivity index (χ3n) is 5.71. The Balaban J connectivity index is 1.77. The van der Waals surface area contributed by atoms with Crippen LogP contribution in [0.15, 0.2) is 71.6 Å². The van der Waals surface area contributed by atoms with Crippen LogP contribution in [0.5, 0.6) is 11.5 Å². The SMILES string of the molecule is CCCCOc1ccc(C2C(C(=O)c3cccs3)=C(O)C(=O)N2Cc2cccnc2)cc1OCC. The van der Waals surface area contributed by atoms with Crippen molar-refractivity contribution in [3.63, 3.8) is 0 Å². The lowest BCUT2D eigenvalue weighted by Gasteiger charge is -2.27. The minimum atomic E-state index is -0.791. The maximum absolute atomic E-state index is 13.4. The van der Waals surface area contributed by atoms with Gasteiger partial charge in [0.15, 0.2) is 17.3 Å². The summed E-state index contributed by atoms with van der Waals surface area (Å²) in [6.07, 6.45) is 5.24. The standard InChI is InChI=1S/C27H28N2O5S/c1-3-5-13-34-20-11-10-19(15-21(20)33-4-2)24-23(25(30)22-9-7-14-35-22)26(31)27(32)29(24)17-18-8-6-12-28-16-18/h6-12,14-16,24,31H,3-5,13,17H2,1-2H3. The lowest BCUT2D eigenvalue weighted by molar-refractivity contribution is -0.130. The number of thiophene rings is 1. The van der Waals surface area contributed by atoms with Crippen molar-refractivity contribution in [3.05, 3.63) is 87.6 Å². The number of benzene rings is 1. The van der Waals surface area contributed by atoms with E-state index in [1.807, 2.05) is 19.1 Å². The minimum absolute atomic E-state index is 0.0587. The van der Waals surface area contributed by atoms with E-state index in [0.29, 0.717) is 35.2 Å². The first-order valence-corrected chi connectivity index (χ1v) is 12.5. The molecule has 1 aliphatic heterocycles. The lowest BCUT2D eigenvalue weighted by atomic mass is 9.95. The van der Waals surface area contributed by atoms with E-state index in [9.17, 15) is 14.7 Å². The maximum atomic E-state index is 13.4. The van der Waals surface area contributed by atoms with Crippen LogP contribution in [0.2, 0.25) is 0 Å². The number of aliphatic hydroxyl groups is 1. The average molecular weight is 493 g/mol. The highest BCUT2D eigenvalue weighted by molar-refractivity contribution is 7.12. The third kappa shape index (κ3) is 5.22. The number of carbonyl (C=O) groups excluding carboxylic acids is 2. The number of hydrogen-bond acceptors (Lipinski definition) is 7.